The van der Waals surface area contributed by atoms with E-state index in [1.165, 1.54) is 5.56 Å². The first kappa shape index (κ1) is 14.5. The molecule has 7 nitrogen and oxygen atoms in total. The molecule has 0 amide bonds. The largest absolute Gasteiger partial charge is 0.486 e. The van der Waals surface area contributed by atoms with Crippen LogP contribution in [0.4, 0.5) is 5.82 Å². The van der Waals surface area contributed by atoms with E-state index in [4.69, 9.17) is 9.47 Å². The van der Waals surface area contributed by atoms with Crippen LogP contribution in [0.5, 0.6) is 11.5 Å². The highest BCUT2D eigenvalue weighted by Gasteiger charge is 2.30. The molecule has 0 aliphatic carbocycles. The van der Waals surface area contributed by atoms with Crippen LogP contribution in [0.25, 0.3) is 11.0 Å². The fourth-order valence-corrected chi connectivity index (χ4v) is 3.81. The predicted molar refractivity (Wildman–Crippen MR) is 93.1 cm³/mol. The van der Waals surface area contributed by atoms with E-state index in [0.29, 0.717) is 13.2 Å². The van der Waals surface area contributed by atoms with E-state index in [1.54, 1.807) is 11.0 Å². The lowest BCUT2D eigenvalue weighted by Crippen LogP contribution is -2.24. The van der Waals surface area contributed by atoms with E-state index >= 15 is 0 Å². The number of aromatic nitrogens is 4. The molecule has 2 aliphatic heterocycles. The molecular weight excluding hydrogens is 318 g/mol. The zero-order chi connectivity index (χ0) is 16.8. The third-order valence-corrected chi connectivity index (χ3v) is 4.98. The van der Waals surface area contributed by atoms with Gasteiger partial charge in [0, 0.05) is 13.6 Å². The zero-order valence-corrected chi connectivity index (χ0v) is 14.1. The number of hydrogen-bond donors (Lipinski definition) is 0. The SMILES string of the molecule is Cn1ncc2c(N3CCC[C@@H]3c3ccc4c(c3)OCCO4)ncnc21. The molecule has 25 heavy (non-hydrogen) atoms. The van der Waals surface area contributed by atoms with Crippen LogP contribution in [-0.2, 0) is 7.05 Å². The maximum atomic E-state index is 5.76. The molecule has 1 aromatic carbocycles. The standard InChI is InChI=1S/C18H19N5O2/c1-22-17-13(10-21-22)18(20-11-19-17)23-6-2-3-14(23)12-4-5-15-16(9-12)25-8-7-24-15/h4-5,9-11,14H,2-3,6-8H2,1H3/t14-/m1/s1. The van der Waals surface area contributed by atoms with Gasteiger partial charge in [0.2, 0.25) is 0 Å². The van der Waals surface area contributed by atoms with Crippen molar-refractivity contribution in [1.82, 2.24) is 19.7 Å². The van der Waals surface area contributed by atoms with Gasteiger partial charge in [0.1, 0.15) is 25.4 Å². The molecule has 5 rings (SSSR count). The van der Waals surface area contributed by atoms with Crippen LogP contribution < -0.4 is 14.4 Å². The predicted octanol–water partition coefficient (Wildman–Crippen LogP) is 2.48. The van der Waals surface area contributed by atoms with Crippen LogP contribution in [0, 0.1) is 0 Å². The van der Waals surface area contributed by atoms with Gasteiger partial charge < -0.3 is 14.4 Å². The van der Waals surface area contributed by atoms with Crippen molar-refractivity contribution in [3.63, 3.8) is 0 Å². The maximum Gasteiger partial charge on any atom is 0.163 e. The molecule has 128 valence electrons. The molecule has 0 spiro atoms. The molecule has 0 bridgehead atoms. The summed E-state index contributed by atoms with van der Waals surface area (Å²) in [6.45, 7) is 2.19. The van der Waals surface area contributed by atoms with Gasteiger partial charge in [-0.2, -0.15) is 5.10 Å². The minimum absolute atomic E-state index is 0.272. The van der Waals surface area contributed by atoms with Gasteiger partial charge in [-0.15, -0.1) is 0 Å². The molecule has 2 aromatic heterocycles. The molecule has 3 aromatic rings. The summed E-state index contributed by atoms with van der Waals surface area (Å²) < 4.78 is 13.2. The van der Waals surface area contributed by atoms with E-state index in [9.17, 15) is 0 Å². The van der Waals surface area contributed by atoms with Gasteiger partial charge >= 0.3 is 0 Å². The fraction of sp³-hybridized carbons (Fsp3) is 0.389. The topological polar surface area (TPSA) is 65.3 Å². The van der Waals surface area contributed by atoms with E-state index in [-0.39, 0.29) is 6.04 Å². The quantitative estimate of drug-likeness (QED) is 0.716. The number of fused-ring (bicyclic) bond motifs is 2. The lowest BCUT2D eigenvalue weighted by Gasteiger charge is -2.27. The molecule has 2 aliphatic rings. The monoisotopic (exact) mass is 337 g/mol. The van der Waals surface area contributed by atoms with Crippen molar-refractivity contribution < 1.29 is 9.47 Å². The number of rotatable bonds is 2. The Bertz CT molecular complexity index is 938. The second-order valence-corrected chi connectivity index (χ2v) is 6.46. The Morgan fingerprint density at radius 2 is 2.00 bits per heavy atom. The lowest BCUT2D eigenvalue weighted by atomic mass is 10.0. The highest BCUT2D eigenvalue weighted by Crippen LogP contribution is 2.40. The van der Waals surface area contributed by atoms with Crippen molar-refractivity contribution in [2.45, 2.75) is 18.9 Å². The Morgan fingerprint density at radius 3 is 2.92 bits per heavy atom. The molecule has 0 unspecified atom stereocenters. The Balaban J connectivity index is 1.55. The minimum atomic E-state index is 0.272. The Kier molecular flexibility index (Phi) is 3.26. The number of ether oxygens (including phenoxy) is 2. The van der Waals surface area contributed by atoms with Crippen molar-refractivity contribution in [3.8, 4) is 11.5 Å². The Labute approximate surface area is 145 Å². The third kappa shape index (κ3) is 2.30. The average Bonchev–Trinajstić information content (AvgIpc) is 3.28. The van der Waals surface area contributed by atoms with E-state index in [2.05, 4.69) is 32.1 Å². The summed E-state index contributed by atoms with van der Waals surface area (Å²) >= 11 is 0. The molecule has 0 N–H and O–H groups in total. The lowest BCUT2D eigenvalue weighted by molar-refractivity contribution is 0.171. The van der Waals surface area contributed by atoms with Gasteiger partial charge in [-0.25, -0.2) is 9.97 Å². The molecule has 1 saturated heterocycles. The van der Waals surface area contributed by atoms with Gasteiger partial charge in [-0.1, -0.05) is 6.07 Å². The highest BCUT2D eigenvalue weighted by atomic mass is 16.6. The van der Waals surface area contributed by atoms with Crippen molar-refractivity contribution >= 4 is 16.9 Å². The summed E-state index contributed by atoms with van der Waals surface area (Å²) in [4.78, 5) is 11.3. The number of anilines is 1. The molecule has 1 fully saturated rings. The molecule has 0 saturated carbocycles. The summed E-state index contributed by atoms with van der Waals surface area (Å²) in [5.41, 5.74) is 2.09. The van der Waals surface area contributed by atoms with E-state index in [0.717, 1.165) is 47.7 Å². The number of hydrogen-bond acceptors (Lipinski definition) is 6. The van der Waals surface area contributed by atoms with Crippen LogP contribution >= 0.6 is 0 Å². The van der Waals surface area contributed by atoms with Gasteiger partial charge in [0.25, 0.3) is 0 Å². The van der Waals surface area contributed by atoms with Gasteiger partial charge in [-0.05, 0) is 30.5 Å². The summed E-state index contributed by atoms with van der Waals surface area (Å²) in [5, 5.41) is 5.33. The highest BCUT2D eigenvalue weighted by molar-refractivity contribution is 5.87. The van der Waals surface area contributed by atoms with Gasteiger partial charge in [0.15, 0.2) is 17.1 Å². The Morgan fingerprint density at radius 1 is 1.12 bits per heavy atom. The van der Waals surface area contributed by atoms with Gasteiger partial charge in [-0.3, -0.25) is 4.68 Å². The van der Waals surface area contributed by atoms with E-state index in [1.807, 2.05) is 19.3 Å². The first-order chi connectivity index (χ1) is 12.3. The van der Waals surface area contributed by atoms with Crippen molar-refractivity contribution in [3.05, 3.63) is 36.3 Å². The van der Waals surface area contributed by atoms with Crippen molar-refractivity contribution in [2.75, 3.05) is 24.7 Å². The van der Waals surface area contributed by atoms with Crippen LogP contribution in [0.3, 0.4) is 0 Å². The first-order valence-electron chi connectivity index (χ1n) is 8.60. The van der Waals surface area contributed by atoms with Crippen molar-refractivity contribution in [1.29, 1.82) is 0 Å². The molecular formula is C18H19N5O2. The zero-order valence-electron chi connectivity index (χ0n) is 14.1. The molecule has 4 heterocycles. The summed E-state index contributed by atoms with van der Waals surface area (Å²) in [6, 6.07) is 6.53. The average molecular weight is 337 g/mol. The molecule has 7 heteroatoms. The Hall–Kier alpha value is -2.83. The van der Waals surface area contributed by atoms with Crippen LogP contribution in [0.1, 0.15) is 24.4 Å². The fourth-order valence-electron chi connectivity index (χ4n) is 3.81. The molecule has 0 radical (unpaired) electrons. The van der Waals surface area contributed by atoms with Crippen LogP contribution in [0.2, 0.25) is 0 Å². The third-order valence-electron chi connectivity index (χ3n) is 4.98. The maximum absolute atomic E-state index is 5.76. The second kappa shape index (κ2) is 5.61. The number of nitrogens with zero attached hydrogens (tertiary/aromatic N) is 5. The number of aryl methyl sites for hydroxylation is 1. The second-order valence-electron chi connectivity index (χ2n) is 6.46. The summed E-state index contributed by atoms with van der Waals surface area (Å²) in [6.07, 6.45) is 5.69. The van der Waals surface area contributed by atoms with Gasteiger partial charge in [0.05, 0.1) is 17.6 Å². The van der Waals surface area contributed by atoms with Crippen LogP contribution in [0.15, 0.2) is 30.7 Å². The first-order valence-corrected chi connectivity index (χ1v) is 8.60. The van der Waals surface area contributed by atoms with Crippen molar-refractivity contribution in [2.24, 2.45) is 7.05 Å². The van der Waals surface area contributed by atoms with E-state index < -0.39 is 0 Å². The summed E-state index contributed by atoms with van der Waals surface area (Å²) in [5.74, 6) is 2.62. The van der Waals surface area contributed by atoms with Crippen LogP contribution in [-0.4, -0.2) is 39.5 Å². The minimum Gasteiger partial charge on any atom is -0.486 e. The number of benzene rings is 1. The smallest absolute Gasteiger partial charge is 0.163 e. The summed E-state index contributed by atoms with van der Waals surface area (Å²) in [7, 11) is 1.90. The molecule has 1 atom stereocenters. The normalized spacial score (nSPS) is 19.6.